The molecule has 0 radical (unpaired) electrons. The van der Waals surface area contributed by atoms with E-state index in [4.69, 9.17) is 0 Å². The number of nitrogens with one attached hydrogen (secondary N) is 1. The number of halogens is 2. The van der Waals surface area contributed by atoms with Crippen LogP contribution in [0.25, 0.3) is 0 Å². The van der Waals surface area contributed by atoms with Gasteiger partial charge in [-0.05, 0) is 47.0 Å². The lowest BCUT2D eigenvalue weighted by molar-refractivity contribution is 0.534. The fraction of sp³-hybridized carbons (Fsp3) is 0.500. The molecular weight excluding hydrogens is 305 g/mol. The van der Waals surface area contributed by atoms with Crippen molar-refractivity contribution in [3.63, 3.8) is 0 Å². The van der Waals surface area contributed by atoms with Gasteiger partial charge in [-0.1, -0.05) is 6.07 Å². The van der Waals surface area contributed by atoms with Crippen molar-refractivity contribution in [2.24, 2.45) is 0 Å². The van der Waals surface area contributed by atoms with Gasteiger partial charge in [0.2, 0.25) is 0 Å². The van der Waals surface area contributed by atoms with Crippen molar-refractivity contribution < 1.29 is 8.60 Å². The van der Waals surface area contributed by atoms with Crippen molar-refractivity contribution in [3.05, 3.63) is 34.1 Å². The third-order valence-corrected chi connectivity index (χ3v) is 3.90. The average molecular weight is 322 g/mol. The molecule has 0 heterocycles. The molecule has 0 aliphatic rings. The van der Waals surface area contributed by atoms with E-state index in [-0.39, 0.29) is 5.82 Å². The summed E-state index contributed by atoms with van der Waals surface area (Å²) in [7, 11) is -0.738. The quantitative estimate of drug-likeness (QED) is 0.873. The molecule has 96 valence electrons. The number of hydrogen-bond donors (Lipinski definition) is 1. The molecule has 0 saturated heterocycles. The molecule has 0 amide bonds. The molecule has 1 rings (SSSR count). The van der Waals surface area contributed by atoms with Gasteiger partial charge in [-0.15, -0.1) is 0 Å². The van der Waals surface area contributed by atoms with Crippen molar-refractivity contribution >= 4 is 26.7 Å². The molecule has 1 aromatic carbocycles. The molecule has 5 heteroatoms. The Kier molecular flexibility index (Phi) is 6.30. The van der Waals surface area contributed by atoms with Crippen LogP contribution in [-0.4, -0.2) is 22.3 Å². The first-order chi connectivity index (χ1) is 7.99. The molecule has 0 aliphatic carbocycles. The fourth-order valence-electron chi connectivity index (χ4n) is 1.39. The Morgan fingerprint density at radius 3 is 2.82 bits per heavy atom. The zero-order chi connectivity index (χ0) is 12.8. The third-order valence-electron chi connectivity index (χ3n) is 2.48. The molecule has 0 aliphatic heterocycles. The van der Waals surface area contributed by atoms with Crippen LogP contribution in [0.2, 0.25) is 0 Å². The highest BCUT2D eigenvalue weighted by Crippen LogP contribution is 2.16. The standard InChI is InChI=1S/C12H17BrFNOS/c1-9(5-6-17(2)16)15-8-10-3-4-12(14)11(13)7-10/h3-4,7,9,15H,5-6,8H2,1-2H3. The lowest BCUT2D eigenvalue weighted by Crippen LogP contribution is -2.26. The zero-order valence-corrected chi connectivity index (χ0v) is 12.4. The van der Waals surface area contributed by atoms with E-state index in [1.165, 1.54) is 6.07 Å². The second-order valence-electron chi connectivity index (χ2n) is 4.10. The second-order valence-corrected chi connectivity index (χ2v) is 6.51. The lowest BCUT2D eigenvalue weighted by Gasteiger charge is -2.13. The molecular formula is C12H17BrFNOS. The largest absolute Gasteiger partial charge is 0.310 e. The molecule has 1 N–H and O–H groups in total. The van der Waals surface area contributed by atoms with E-state index in [0.717, 1.165) is 12.0 Å². The van der Waals surface area contributed by atoms with E-state index in [9.17, 15) is 8.60 Å². The summed E-state index contributed by atoms with van der Waals surface area (Å²) >= 11 is 3.16. The molecule has 17 heavy (non-hydrogen) atoms. The van der Waals surface area contributed by atoms with E-state index in [0.29, 0.717) is 22.8 Å². The van der Waals surface area contributed by atoms with E-state index in [2.05, 4.69) is 28.2 Å². The maximum atomic E-state index is 13.0. The van der Waals surface area contributed by atoms with E-state index < -0.39 is 10.8 Å². The first kappa shape index (κ1) is 14.8. The number of rotatable bonds is 6. The third kappa shape index (κ3) is 5.75. The van der Waals surface area contributed by atoms with Crippen LogP contribution >= 0.6 is 15.9 Å². The van der Waals surface area contributed by atoms with Crippen LogP contribution in [0, 0.1) is 5.82 Å². The maximum Gasteiger partial charge on any atom is 0.137 e. The van der Waals surface area contributed by atoms with Gasteiger partial charge in [0.15, 0.2) is 0 Å². The Balaban J connectivity index is 2.39. The summed E-state index contributed by atoms with van der Waals surface area (Å²) in [6.45, 7) is 2.75. The van der Waals surface area contributed by atoms with Crippen LogP contribution in [0.5, 0.6) is 0 Å². The minimum absolute atomic E-state index is 0.247. The SMILES string of the molecule is CC(CCS(C)=O)NCc1ccc(F)c(Br)c1. The van der Waals surface area contributed by atoms with Gasteiger partial charge in [-0.3, -0.25) is 4.21 Å². The summed E-state index contributed by atoms with van der Waals surface area (Å²) in [6.07, 6.45) is 2.59. The van der Waals surface area contributed by atoms with Crippen LogP contribution in [-0.2, 0) is 17.3 Å². The zero-order valence-electron chi connectivity index (χ0n) is 10.0. The number of benzene rings is 1. The summed E-state index contributed by atoms with van der Waals surface area (Å²) < 4.78 is 24.4. The normalized spacial score (nSPS) is 14.6. The summed E-state index contributed by atoms with van der Waals surface area (Å²) in [5.74, 6) is 0.463. The Bertz CT molecular complexity index is 400. The van der Waals surface area contributed by atoms with E-state index in [1.807, 2.05) is 0 Å². The van der Waals surface area contributed by atoms with Crippen LogP contribution in [0.3, 0.4) is 0 Å². The summed E-state index contributed by atoms with van der Waals surface area (Å²) in [4.78, 5) is 0. The van der Waals surface area contributed by atoms with Crippen molar-refractivity contribution in [1.29, 1.82) is 0 Å². The molecule has 0 fully saturated rings. The van der Waals surface area contributed by atoms with Crippen LogP contribution in [0.4, 0.5) is 4.39 Å². The Morgan fingerprint density at radius 2 is 2.24 bits per heavy atom. The highest BCUT2D eigenvalue weighted by molar-refractivity contribution is 9.10. The Labute approximate surface area is 113 Å². The van der Waals surface area contributed by atoms with Crippen molar-refractivity contribution in [2.45, 2.75) is 25.9 Å². The van der Waals surface area contributed by atoms with Crippen molar-refractivity contribution in [2.75, 3.05) is 12.0 Å². The van der Waals surface area contributed by atoms with Crippen LogP contribution in [0.15, 0.2) is 22.7 Å². The van der Waals surface area contributed by atoms with Gasteiger partial charge in [-0.25, -0.2) is 4.39 Å². The van der Waals surface area contributed by atoms with Crippen molar-refractivity contribution in [1.82, 2.24) is 5.32 Å². The molecule has 0 saturated carbocycles. The Morgan fingerprint density at radius 1 is 1.53 bits per heavy atom. The number of hydrogen-bond acceptors (Lipinski definition) is 2. The maximum absolute atomic E-state index is 13.0. The Hall–Kier alpha value is -0.260. The van der Waals surface area contributed by atoms with E-state index >= 15 is 0 Å². The summed E-state index contributed by atoms with van der Waals surface area (Å²) in [6, 6.07) is 5.29. The first-order valence-corrected chi connectivity index (χ1v) is 7.98. The molecule has 0 aromatic heterocycles. The molecule has 0 bridgehead atoms. The van der Waals surface area contributed by atoms with Gasteiger partial charge < -0.3 is 5.32 Å². The highest BCUT2D eigenvalue weighted by atomic mass is 79.9. The minimum Gasteiger partial charge on any atom is -0.310 e. The van der Waals surface area contributed by atoms with Gasteiger partial charge >= 0.3 is 0 Å². The molecule has 2 nitrogen and oxygen atoms in total. The van der Waals surface area contributed by atoms with E-state index in [1.54, 1.807) is 18.4 Å². The predicted octanol–water partition coefficient (Wildman–Crippen LogP) is 2.83. The average Bonchev–Trinajstić information content (AvgIpc) is 2.28. The van der Waals surface area contributed by atoms with Crippen molar-refractivity contribution in [3.8, 4) is 0 Å². The molecule has 0 spiro atoms. The summed E-state index contributed by atoms with van der Waals surface area (Å²) in [5.41, 5.74) is 1.03. The van der Waals surface area contributed by atoms with Crippen LogP contribution < -0.4 is 5.32 Å². The predicted molar refractivity (Wildman–Crippen MR) is 74.0 cm³/mol. The highest BCUT2D eigenvalue weighted by Gasteiger charge is 2.04. The van der Waals surface area contributed by atoms with Gasteiger partial charge in [0.25, 0.3) is 0 Å². The lowest BCUT2D eigenvalue weighted by atomic mass is 10.2. The van der Waals surface area contributed by atoms with Crippen LogP contribution in [0.1, 0.15) is 18.9 Å². The smallest absolute Gasteiger partial charge is 0.137 e. The minimum atomic E-state index is -0.738. The topological polar surface area (TPSA) is 29.1 Å². The van der Waals surface area contributed by atoms with Gasteiger partial charge in [0.05, 0.1) is 4.47 Å². The van der Waals surface area contributed by atoms with Gasteiger partial charge in [0.1, 0.15) is 5.82 Å². The first-order valence-electron chi connectivity index (χ1n) is 5.46. The second kappa shape index (κ2) is 7.24. The van der Waals surface area contributed by atoms with Gasteiger partial charge in [0, 0.05) is 35.4 Å². The van der Waals surface area contributed by atoms with Gasteiger partial charge in [-0.2, -0.15) is 0 Å². The molecule has 2 atom stereocenters. The molecule has 2 unspecified atom stereocenters. The molecule has 1 aromatic rings. The fourth-order valence-corrected chi connectivity index (χ4v) is 2.50. The monoisotopic (exact) mass is 321 g/mol. The summed E-state index contributed by atoms with van der Waals surface area (Å²) in [5, 5.41) is 3.32.